The summed E-state index contributed by atoms with van der Waals surface area (Å²) in [5.41, 5.74) is 24.1. The molecule has 0 fully saturated rings. The Morgan fingerprint density at radius 3 is 1.10 bits per heavy atom. The monoisotopic (exact) mass is 564 g/mol. The molecule has 0 aliphatic rings. The first-order chi connectivity index (χ1) is 20.7. The Kier molecular flexibility index (Phi) is 12.1. The molecule has 0 saturated heterocycles. The number of rotatable bonds is 17. The van der Waals surface area contributed by atoms with Gasteiger partial charge < -0.3 is 20.1 Å². The van der Waals surface area contributed by atoms with E-state index in [0.717, 1.165) is 37.7 Å². The molecule has 4 N–H and O–H groups in total. The summed E-state index contributed by atoms with van der Waals surface area (Å²) in [7, 11) is 0. The van der Waals surface area contributed by atoms with E-state index in [2.05, 4.69) is 103 Å². The molecule has 4 aromatic rings. The number of benzene rings is 4. The van der Waals surface area contributed by atoms with Crippen molar-refractivity contribution in [3.63, 3.8) is 0 Å². The Bertz CT molecular complexity index is 1350. The lowest BCUT2D eigenvalue weighted by Crippen LogP contribution is -2.80. The third-order valence-corrected chi connectivity index (χ3v) is 6.65. The van der Waals surface area contributed by atoms with Crippen LogP contribution in [0, 0.1) is 0 Å². The Hall–Kier alpha value is -4.98. The van der Waals surface area contributed by atoms with Crippen LogP contribution in [0.15, 0.2) is 107 Å². The van der Waals surface area contributed by atoms with E-state index < -0.39 is 0 Å². The molecule has 42 heavy (non-hydrogen) atoms. The normalized spacial score (nSPS) is 10.4. The zero-order valence-corrected chi connectivity index (χ0v) is 23.5. The maximum absolute atomic E-state index is 8.31. The summed E-state index contributed by atoms with van der Waals surface area (Å²) in [6.45, 7) is 5.01. The van der Waals surface area contributed by atoms with Gasteiger partial charge in [-0.05, 0) is 70.7 Å². The summed E-state index contributed by atoms with van der Waals surface area (Å²) in [5, 5.41) is 11.5. The molecule has 0 aliphatic carbocycles. The molecule has 214 valence electrons. The van der Waals surface area contributed by atoms with Gasteiger partial charge in [0, 0.05) is 32.1 Å². The lowest BCUT2D eigenvalue weighted by molar-refractivity contribution is -0.686. The van der Waals surface area contributed by atoms with Gasteiger partial charge in [0.2, 0.25) is 0 Å². The zero-order valence-electron chi connectivity index (χ0n) is 23.5. The molecule has 10 heteroatoms. The number of hydrogen-bond donors (Lipinski definition) is 2. The third kappa shape index (κ3) is 10.2. The van der Waals surface area contributed by atoms with E-state index in [4.69, 9.17) is 20.5 Å². The molecule has 4 rings (SSSR count). The molecule has 0 spiro atoms. The van der Waals surface area contributed by atoms with Crippen molar-refractivity contribution in [1.29, 1.82) is 0 Å². The van der Waals surface area contributed by atoms with E-state index in [-0.39, 0.29) is 0 Å². The van der Waals surface area contributed by atoms with Gasteiger partial charge in [0.1, 0.15) is 37.7 Å². The van der Waals surface area contributed by atoms with Crippen molar-refractivity contribution in [2.24, 2.45) is 10.2 Å². The van der Waals surface area contributed by atoms with Gasteiger partial charge in [-0.25, -0.2) is 0 Å². The quantitative estimate of drug-likeness (QED) is 0.0779. The van der Waals surface area contributed by atoms with E-state index in [0.29, 0.717) is 26.3 Å². The van der Waals surface area contributed by atoms with E-state index in [9.17, 15) is 0 Å². The topological polar surface area (TPSA) is 149 Å². The van der Waals surface area contributed by atoms with Crippen LogP contribution in [0.2, 0.25) is 0 Å². The first-order valence-electron chi connectivity index (χ1n) is 14.0. The smallest absolute Gasteiger partial charge is 0.119 e. The lowest BCUT2D eigenvalue weighted by Gasteiger charge is -2.08. The van der Waals surface area contributed by atoms with Gasteiger partial charge in [-0.3, -0.25) is 0 Å². The summed E-state index contributed by atoms with van der Waals surface area (Å²) in [6.07, 6.45) is 0. The fourth-order valence-electron chi connectivity index (χ4n) is 4.42. The number of nitrogens with zero attached hydrogens (tertiary/aromatic N) is 6. The van der Waals surface area contributed by atoms with Crippen LogP contribution in [0.3, 0.4) is 0 Å². The minimum atomic E-state index is 0.327. The molecule has 0 radical (unpaired) electrons. The van der Waals surface area contributed by atoms with Crippen molar-refractivity contribution in [2.75, 3.05) is 26.3 Å². The van der Waals surface area contributed by atoms with Gasteiger partial charge >= 0.3 is 0 Å². The molecular weight excluding hydrogens is 528 g/mol. The number of quaternary nitrogens is 2. The molecule has 0 aromatic heterocycles. The van der Waals surface area contributed by atoms with E-state index in [1.807, 2.05) is 24.3 Å². The van der Waals surface area contributed by atoms with Crippen LogP contribution in [-0.4, -0.2) is 26.3 Å². The number of ether oxygens (including phenoxy) is 2. The Morgan fingerprint density at radius 2 is 0.786 bits per heavy atom. The average Bonchev–Trinajstić information content (AvgIpc) is 3.04. The molecule has 0 heterocycles. The van der Waals surface area contributed by atoms with Gasteiger partial charge in [-0.15, -0.1) is 0 Å². The largest absolute Gasteiger partial charge is 0.493 e. The summed E-state index contributed by atoms with van der Waals surface area (Å²) in [4.78, 5) is 5.44. The SMILES string of the molecule is [N-]=[N+]=NCCOc1ccc(C[NH2+]Cc2ccc(-c3ccc(C[NH2+]Cc4ccc(OCCN=[N+]=[N-])cc4)cc3)cc2)cc1. The number of hydrogen-bond acceptors (Lipinski definition) is 4. The molecule has 0 saturated carbocycles. The Labute approximate surface area is 245 Å². The zero-order chi connectivity index (χ0) is 29.2. The Balaban J connectivity index is 1.16. The summed E-state index contributed by atoms with van der Waals surface area (Å²) in [6, 6.07) is 33.6. The van der Waals surface area contributed by atoms with Gasteiger partial charge in [0.25, 0.3) is 0 Å². The minimum Gasteiger partial charge on any atom is -0.493 e. The lowest BCUT2D eigenvalue weighted by atomic mass is 10.0. The van der Waals surface area contributed by atoms with Gasteiger partial charge in [-0.1, -0.05) is 58.8 Å². The molecule has 0 bridgehead atoms. The average molecular weight is 565 g/mol. The van der Waals surface area contributed by atoms with Crippen LogP contribution < -0.4 is 20.1 Å². The summed E-state index contributed by atoms with van der Waals surface area (Å²) in [5.74, 6) is 1.56. The second-order valence-electron chi connectivity index (χ2n) is 9.68. The number of azide groups is 2. The van der Waals surface area contributed by atoms with Crippen molar-refractivity contribution >= 4 is 0 Å². The van der Waals surface area contributed by atoms with Gasteiger partial charge in [-0.2, -0.15) is 0 Å². The fraction of sp³-hybridized carbons (Fsp3) is 0.250. The predicted molar refractivity (Wildman–Crippen MR) is 162 cm³/mol. The maximum atomic E-state index is 8.31. The van der Waals surface area contributed by atoms with Crippen molar-refractivity contribution < 1.29 is 20.1 Å². The second kappa shape index (κ2) is 17.0. The van der Waals surface area contributed by atoms with Crippen molar-refractivity contribution in [1.82, 2.24) is 0 Å². The van der Waals surface area contributed by atoms with Crippen LogP contribution in [0.5, 0.6) is 11.5 Å². The van der Waals surface area contributed by atoms with Crippen molar-refractivity contribution in [3.05, 3.63) is 140 Å². The highest BCUT2D eigenvalue weighted by molar-refractivity contribution is 5.63. The fourth-order valence-corrected chi connectivity index (χ4v) is 4.42. The highest BCUT2D eigenvalue weighted by Gasteiger charge is 2.04. The molecule has 10 nitrogen and oxygen atoms in total. The molecule has 0 aliphatic heterocycles. The molecular formula is C32H36N8O2+2. The first-order valence-corrected chi connectivity index (χ1v) is 14.0. The molecule has 0 amide bonds. The van der Waals surface area contributed by atoms with Crippen molar-refractivity contribution in [3.8, 4) is 22.6 Å². The van der Waals surface area contributed by atoms with Crippen LogP contribution in [0.4, 0.5) is 0 Å². The van der Waals surface area contributed by atoms with Gasteiger partial charge in [0.15, 0.2) is 0 Å². The van der Waals surface area contributed by atoms with E-state index >= 15 is 0 Å². The molecule has 0 unspecified atom stereocenters. The highest BCUT2D eigenvalue weighted by Crippen LogP contribution is 2.20. The summed E-state index contributed by atoms with van der Waals surface area (Å²) >= 11 is 0. The van der Waals surface area contributed by atoms with Crippen LogP contribution in [-0.2, 0) is 26.2 Å². The van der Waals surface area contributed by atoms with Crippen LogP contribution in [0.25, 0.3) is 32.0 Å². The maximum Gasteiger partial charge on any atom is 0.119 e. The summed E-state index contributed by atoms with van der Waals surface area (Å²) < 4.78 is 11.1. The van der Waals surface area contributed by atoms with Gasteiger partial charge in [0.05, 0.1) is 26.3 Å². The molecule has 4 aromatic carbocycles. The van der Waals surface area contributed by atoms with Crippen molar-refractivity contribution in [2.45, 2.75) is 26.2 Å². The van der Waals surface area contributed by atoms with Crippen LogP contribution in [0.1, 0.15) is 22.3 Å². The van der Waals surface area contributed by atoms with E-state index in [1.54, 1.807) is 0 Å². The standard InChI is InChI=1S/C32H34N8O2/c33-39-37-17-19-41-31-13-5-27(6-14-31)23-35-21-25-1-9-29(10-2-25)30-11-3-26(4-12-30)22-36-24-28-7-15-32(16-8-28)42-20-18-38-40-34/h1-16,35-36H,17-24H2/p+2. The second-order valence-corrected chi connectivity index (χ2v) is 9.68. The highest BCUT2D eigenvalue weighted by atomic mass is 16.5. The molecule has 0 atom stereocenters. The predicted octanol–water partition coefficient (Wildman–Crippen LogP) is 5.26. The number of nitrogens with two attached hydrogens (primary N) is 2. The third-order valence-electron chi connectivity index (χ3n) is 6.65. The first kappa shape index (κ1) is 30.0. The van der Waals surface area contributed by atoms with Crippen LogP contribution >= 0.6 is 0 Å². The van der Waals surface area contributed by atoms with E-state index in [1.165, 1.54) is 33.4 Å². The minimum absolute atomic E-state index is 0.327. The Morgan fingerprint density at radius 1 is 0.476 bits per heavy atom.